The Morgan fingerprint density at radius 1 is 1.22 bits per heavy atom. The molecule has 0 aromatic heterocycles. The molecule has 1 atom stereocenters. The summed E-state index contributed by atoms with van der Waals surface area (Å²) in [5.41, 5.74) is -0.147. The first kappa shape index (κ1) is 20.3. The number of rotatable bonds is 6. The molecule has 2 fully saturated rings. The Hall–Kier alpha value is -1.47. The second-order valence-corrected chi connectivity index (χ2v) is 9.74. The fraction of sp³-hybridized carbons (Fsp3) is 0.650. The molecule has 2 aliphatic rings. The van der Waals surface area contributed by atoms with Crippen LogP contribution in [0.15, 0.2) is 23.1 Å². The lowest BCUT2D eigenvalue weighted by atomic mass is 9.98. The number of hydrogen-bond donors (Lipinski definition) is 0. The van der Waals surface area contributed by atoms with Gasteiger partial charge in [-0.1, -0.05) is 12.8 Å². The van der Waals surface area contributed by atoms with E-state index in [1.165, 1.54) is 12.1 Å². The number of piperidine rings is 1. The van der Waals surface area contributed by atoms with Gasteiger partial charge in [-0.2, -0.15) is 0 Å². The van der Waals surface area contributed by atoms with Gasteiger partial charge in [-0.25, -0.2) is 12.8 Å². The third kappa shape index (κ3) is 4.51. The Kier molecular flexibility index (Phi) is 6.52. The van der Waals surface area contributed by atoms with Crippen molar-refractivity contribution < 1.29 is 22.3 Å². The minimum absolute atomic E-state index is 0.0574. The Labute approximate surface area is 160 Å². The molecule has 1 aliphatic carbocycles. The Morgan fingerprint density at radius 3 is 2.67 bits per heavy atom. The molecular formula is C20H28FNO4S. The van der Waals surface area contributed by atoms with Crippen LogP contribution in [-0.4, -0.2) is 50.8 Å². The van der Waals surface area contributed by atoms with Gasteiger partial charge in [-0.15, -0.1) is 0 Å². The van der Waals surface area contributed by atoms with Gasteiger partial charge in [0, 0.05) is 19.7 Å². The third-order valence-electron chi connectivity index (χ3n) is 5.60. The Bertz CT molecular complexity index is 774. The van der Waals surface area contributed by atoms with Crippen LogP contribution >= 0.6 is 0 Å². The highest BCUT2D eigenvalue weighted by atomic mass is 32.2. The summed E-state index contributed by atoms with van der Waals surface area (Å²) in [4.78, 5) is 14.6. The normalized spacial score (nSPS) is 21.6. The largest absolute Gasteiger partial charge is 0.381 e. The zero-order valence-electron chi connectivity index (χ0n) is 15.8. The van der Waals surface area contributed by atoms with Crippen molar-refractivity contribution in [2.75, 3.05) is 26.3 Å². The summed E-state index contributed by atoms with van der Waals surface area (Å²) < 4.78 is 45.4. The molecular weight excluding hydrogens is 369 g/mol. The van der Waals surface area contributed by atoms with Gasteiger partial charge in [0.25, 0.3) is 5.91 Å². The summed E-state index contributed by atoms with van der Waals surface area (Å²) in [7, 11) is -3.52. The number of benzene rings is 1. The number of carbonyl (C=O) groups excluding carboxylic acids is 1. The average Bonchev–Trinajstić information content (AvgIpc) is 3.22. The molecule has 5 nitrogen and oxygen atoms in total. The number of sulfone groups is 1. The molecule has 0 N–H and O–H groups in total. The van der Waals surface area contributed by atoms with Gasteiger partial charge in [0.2, 0.25) is 0 Å². The minimum Gasteiger partial charge on any atom is -0.381 e. The molecule has 1 heterocycles. The van der Waals surface area contributed by atoms with Gasteiger partial charge in [-0.05, 0) is 56.7 Å². The van der Waals surface area contributed by atoms with E-state index in [9.17, 15) is 17.6 Å². The number of ether oxygens (including phenoxy) is 1. The van der Waals surface area contributed by atoms with E-state index < -0.39 is 26.8 Å². The van der Waals surface area contributed by atoms with Crippen LogP contribution < -0.4 is 0 Å². The molecule has 7 heteroatoms. The van der Waals surface area contributed by atoms with Crippen molar-refractivity contribution in [3.63, 3.8) is 0 Å². The summed E-state index contributed by atoms with van der Waals surface area (Å²) >= 11 is 0. The molecule has 27 heavy (non-hydrogen) atoms. The maximum atomic E-state index is 14.4. The van der Waals surface area contributed by atoms with Gasteiger partial charge in [0.05, 0.1) is 22.3 Å². The average molecular weight is 398 g/mol. The minimum atomic E-state index is -3.52. The van der Waals surface area contributed by atoms with Crippen molar-refractivity contribution >= 4 is 15.7 Å². The number of nitrogens with zero attached hydrogens (tertiary/aromatic N) is 1. The number of carbonyl (C=O) groups is 1. The fourth-order valence-electron chi connectivity index (χ4n) is 4.08. The highest BCUT2D eigenvalue weighted by Gasteiger charge is 2.32. The quantitative estimate of drug-likeness (QED) is 0.690. The molecule has 150 valence electrons. The van der Waals surface area contributed by atoms with Crippen molar-refractivity contribution in [1.82, 2.24) is 4.90 Å². The maximum absolute atomic E-state index is 14.4. The fourth-order valence-corrected chi connectivity index (χ4v) is 5.96. The zero-order chi connectivity index (χ0) is 19.4. The van der Waals surface area contributed by atoms with E-state index in [0.717, 1.165) is 31.7 Å². The third-order valence-corrected chi connectivity index (χ3v) is 7.86. The van der Waals surface area contributed by atoms with E-state index in [-0.39, 0.29) is 16.4 Å². The lowest BCUT2D eigenvalue weighted by Crippen LogP contribution is -2.41. The molecule has 1 saturated heterocycles. The van der Waals surface area contributed by atoms with Crippen LogP contribution in [0.3, 0.4) is 0 Å². The number of hydrogen-bond acceptors (Lipinski definition) is 4. The monoisotopic (exact) mass is 397 g/mol. The molecule has 1 amide bonds. The van der Waals surface area contributed by atoms with Crippen molar-refractivity contribution in [2.45, 2.75) is 55.6 Å². The van der Waals surface area contributed by atoms with Crippen molar-refractivity contribution in [3.8, 4) is 0 Å². The van der Waals surface area contributed by atoms with Crippen LogP contribution in [0.4, 0.5) is 4.39 Å². The number of halogens is 1. The van der Waals surface area contributed by atoms with E-state index in [1.54, 1.807) is 4.90 Å². The summed E-state index contributed by atoms with van der Waals surface area (Å²) in [5, 5.41) is -0.420. The van der Waals surface area contributed by atoms with Crippen molar-refractivity contribution in [1.29, 1.82) is 0 Å². The van der Waals surface area contributed by atoms with Crippen molar-refractivity contribution in [2.24, 2.45) is 5.92 Å². The first-order valence-electron chi connectivity index (χ1n) is 9.84. The van der Waals surface area contributed by atoms with Gasteiger partial charge < -0.3 is 9.64 Å². The topological polar surface area (TPSA) is 63.7 Å². The van der Waals surface area contributed by atoms with Crippen LogP contribution in [0.1, 0.15) is 55.8 Å². The first-order chi connectivity index (χ1) is 12.9. The lowest BCUT2D eigenvalue weighted by Gasteiger charge is -2.32. The summed E-state index contributed by atoms with van der Waals surface area (Å²) in [6, 6.07) is 3.63. The molecule has 0 unspecified atom stereocenters. The smallest absolute Gasteiger partial charge is 0.256 e. The van der Waals surface area contributed by atoms with Crippen LogP contribution in [0.2, 0.25) is 0 Å². The molecule has 1 saturated carbocycles. The Morgan fingerprint density at radius 2 is 1.96 bits per heavy atom. The zero-order valence-corrected chi connectivity index (χ0v) is 16.6. The van der Waals surface area contributed by atoms with Crippen LogP contribution in [-0.2, 0) is 14.6 Å². The highest BCUT2D eigenvalue weighted by Crippen LogP contribution is 2.31. The van der Waals surface area contributed by atoms with Crippen LogP contribution in [0.25, 0.3) is 0 Å². The van der Waals surface area contributed by atoms with Crippen LogP contribution in [0.5, 0.6) is 0 Å². The standard InChI is InChI=1S/C20H28FNO4S/c1-2-26-14-15-6-5-11-22(13-15)20(23)18-12-17(9-10-19(18)21)27(24,25)16-7-3-4-8-16/h9-10,12,15-16H,2-8,11,13-14H2,1H3/t15-/m1/s1. The number of likely N-dealkylation sites (tertiary alicyclic amines) is 1. The summed E-state index contributed by atoms with van der Waals surface area (Å²) in [5.74, 6) is -0.870. The SMILES string of the molecule is CCOC[C@@H]1CCCN(C(=O)c2cc(S(=O)(=O)C3CCCC3)ccc2F)C1. The Balaban J connectivity index is 1.80. The van der Waals surface area contributed by atoms with E-state index in [0.29, 0.717) is 39.1 Å². The second kappa shape index (κ2) is 8.69. The lowest BCUT2D eigenvalue weighted by molar-refractivity contribution is 0.0497. The van der Waals surface area contributed by atoms with Gasteiger partial charge >= 0.3 is 0 Å². The van der Waals surface area contributed by atoms with Gasteiger partial charge in [0.1, 0.15) is 5.82 Å². The number of amides is 1. The molecule has 1 aliphatic heterocycles. The van der Waals surface area contributed by atoms with Crippen LogP contribution in [0, 0.1) is 11.7 Å². The van der Waals surface area contributed by atoms with E-state index in [2.05, 4.69) is 0 Å². The predicted molar refractivity (Wildman–Crippen MR) is 101 cm³/mol. The molecule has 1 aromatic carbocycles. The van der Waals surface area contributed by atoms with E-state index >= 15 is 0 Å². The van der Waals surface area contributed by atoms with E-state index in [1.807, 2.05) is 6.92 Å². The van der Waals surface area contributed by atoms with E-state index in [4.69, 9.17) is 4.74 Å². The second-order valence-electron chi connectivity index (χ2n) is 7.51. The van der Waals surface area contributed by atoms with Gasteiger partial charge in [0.15, 0.2) is 9.84 Å². The predicted octanol–water partition coefficient (Wildman–Crippen LogP) is 3.43. The molecule has 1 aromatic rings. The summed E-state index contributed by atoms with van der Waals surface area (Å²) in [6.45, 7) is 4.20. The molecule has 0 bridgehead atoms. The molecule has 0 spiro atoms. The first-order valence-corrected chi connectivity index (χ1v) is 11.4. The van der Waals surface area contributed by atoms with Gasteiger partial charge in [-0.3, -0.25) is 4.79 Å². The maximum Gasteiger partial charge on any atom is 0.256 e. The summed E-state index contributed by atoms with van der Waals surface area (Å²) in [6.07, 6.45) is 4.87. The molecule has 0 radical (unpaired) electrons. The molecule has 3 rings (SSSR count). The van der Waals surface area contributed by atoms with Crippen molar-refractivity contribution in [3.05, 3.63) is 29.6 Å². The highest BCUT2D eigenvalue weighted by molar-refractivity contribution is 7.92.